The van der Waals surface area contributed by atoms with Crippen molar-refractivity contribution in [3.8, 4) is 28.8 Å². The number of benzene rings is 2. The molecule has 2 aromatic heterocycles. The molecule has 0 aliphatic heterocycles. The summed E-state index contributed by atoms with van der Waals surface area (Å²) in [6, 6.07) is 16.5. The number of rotatable bonds is 5. The molecule has 6 nitrogen and oxygen atoms in total. The Labute approximate surface area is 176 Å². The molecule has 0 saturated carbocycles. The quantitative estimate of drug-likeness (QED) is 0.336. The highest BCUT2D eigenvalue weighted by Gasteiger charge is 2.14. The minimum atomic E-state index is -0.470. The highest BCUT2D eigenvalue weighted by Crippen LogP contribution is 2.31. The van der Waals surface area contributed by atoms with Crippen molar-refractivity contribution in [1.29, 1.82) is 5.26 Å². The Kier molecular flexibility index (Phi) is 5.33. The van der Waals surface area contributed by atoms with E-state index in [4.69, 9.17) is 13.9 Å². The molecule has 0 fully saturated rings. The molecule has 0 saturated heterocycles. The summed E-state index contributed by atoms with van der Waals surface area (Å²) >= 11 is 1.28. The first-order chi connectivity index (χ1) is 14.6. The Morgan fingerprint density at radius 2 is 2.00 bits per heavy atom. The van der Waals surface area contributed by atoms with Crippen LogP contribution in [0.15, 0.2) is 63.1 Å². The van der Waals surface area contributed by atoms with Crippen molar-refractivity contribution in [2.24, 2.45) is 0 Å². The lowest BCUT2D eigenvalue weighted by atomic mass is 10.1. The SMILES string of the molecule is COc1ccc(OC)c(/C=C(\C#N)c2nc(-c3cc4ccccc4oc3=O)cs2)c1. The first-order valence-electron chi connectivity index (χ1n) is 8.96. The van der Waals surface area contributed by atoms with E-state index in [1.165, 1.54) is 11.3 Å². The molecule has 4 aromatic rings. The van der Waals surface area contributed by atoms with Crippen LogP contribution in [-0.4, -0.2) is 19.2 Å². The van der Waals surface area contributed by atoms with Gasteiger partial charge in [0.25, 0.3) is 0 Å². The van der Waals surface area contributed by atoms with Crippen LogP contribution in [0, 0.1) is 11.3 Å². The van der Waals surface area contributed by atoms with E-state index in [9.17, 15) is 10.1 Å². The summed E-state index contributed by atoms with van der Waals surface area (Å²) in [6.45, 7) is 0. The van der Waals surface area contributed by atoms with E-state index in [0.717, 1.165) is 5.39 Å². The Hall–Kier alpha value is -3.89. The molecule has 2 heterocycles. The lowest BCUT2D eigenvalue weighted by Crippen LogP contribution is -2.02. The third kappa shape index (κ3) is 3.69. The van der Waals surface area contributed by atoms with Gasteiger partial charge in [0.05, 0.1) is 31.1 Å². The molecule has 7 heteroatoms. The predicted molar refractivity (Wildman–Crippen MR) is 117 cm³/mol. The molecule has 0 radical (unpaired) electrons. The third-order valence-corrected chi connectivity index (χ3v) is 5.38. The second-order valence-corrected chi connectivity index (χ2v) is 7.16. The number of fused-ring (bicyclic) bond motifs is 1. The molecule has 30 heavy (non-hydrogen) atoms. The summed E-state index contributed by atoms with van der Waals surface area (Å²) in [7, 11) is 3.13. The molecule has 4 rings (SSSR count). The maximum atomic E-state index is 12.4. The Balaban J connectivity index is 1.76. The van der Waals surface area contributed by atoms with E-state index in [0.29, 0.717) is 44.5 Å². The number of nitrogens with zero attached hydrogens (tertiary/aromatic N) is 2. The van der Waals surface area contributed by atoms with E-state index in [1.807, 2.05) is 18.2 Å². The lowest BCUT2D eigenvalue weighted by Gasteiger charge is -2.07. The highest BCUT2D eigenvalue weighted by atomic mass is 32.1. The van der Waals surface area contributed by atoms with Gasteiger partial charge in [-0.2, -0.15) is 5.26 Å². The zero-order valence-electron chi connectivity index (χ0n) is 16.2. The van der Waals surface area contributed by atoms with Gasteiger partial charge in [0, 0.05) is 16.3 Å². The molecule has 0 aliphatic rings. The van der Waals surface area contributed by atoms with Crippen LogP contribution >= 0.6 is 11.3 Å². The molecule has 0 unspecified atom stereocenters. The Morgan fingerprint density at radius 3 is 2.77 bits per heavy atom. The maximum Gasteiger partial charge on any atom is 0.345 e. The molecule has 0 N–H and O–H groups in total. The van der Waals surface area contributed by atoms with E-state index < -0.39 is 5.63 Å². The summed E-state index contributed by atoms with van der Waals surface area (Å²) in [5.74, 6) is 1.25. The monoisotopic (exact) mass is 416 g/mol. The van der Waals surface area contributed by atoms with Crippen LogP contribution in [-0.2, 0) is 0 Å². The van der Waals surface area contributed by atoms with Gasteiger partial charge >= 0.3 is 5.63 Å². The van der Waals surface area contributed by atoms with E-state index in [2.05, 4.69) is 11.1 Å². The van der Waals surface area contributed by atoms with Crippen molar-refractivity contribution < 1.29 is 13.9 Å². The fraction of sp³-hybridized carbons (Fsp3) is 0.0870. The number of hydrogen-bond donors (Lipinski definition) is 0. The number of hydrogen-bond acceptors (Lipinski definition) is 7. The van der Waals surface area contributed by atoms with Crippen molar-refractivity contribution in [3.63, 3.8) is 0 Å². The average molecular weight is 416 g/mol. The fourth-order valence-corrected chi connectivity index (χ4v) is 3.80. The Morgan fingerprint density at radius 1 is 1.17 bits per heavy atom. The summed E-state index contributed by atoms with van der Waals surface area (Å²) in [4.78, 5) is 16.9. The van der Waals surface area contributed by atoms with Crippen LogP contribution in [0.4, 0.5) is 0 Å². The van der Waals surface area contributed by atoms with Crippen molar-refractivity contribution in [2.75, 3.05) is 14.2 Å². The van der Waals surface area contributed by atoms with E-state index >= 15 is 0 Å². The van der Waals surface area contributed by atoms with Gasteiger partial charge in [-0.25, -0.2) is 9.78 Å². The molecule has 0 aliphatic carbocycles. The molecule has 0 bridgehead atoms. The number of para-hydroxylation sites is 1. The van der Waals surface area contributed by atoms with Gasteiger partial charge in [-0.1, -0.05) is 18.2 Å². The second-order valence-electron chi connectivity index (χ2n) is 6.30. The number of thiazole rings is 1. The zero-order valence-corrected chi connectivity index (χ0v) is 17.0. The molecular formula is C23H16N2O4S. The topological polar surface area (TPSA) is 85.3 Å². The van der Waals surface area contributed by atoms with Gasteiger partial charge in [0.15, 0.2) is 0 Å². The zero-order chi connectivity index (χ0) is 21.1. The minimum absolute atomic E-state index is 0.350. The number of methoxy groups -OCH3 is 2. The van der Waals surface area contributed by atoms with Gasteiger partial charge in [-0.15, -0.1) is 11.3 Å². The van der Waals surface area contributed by atoms with Crippen LogP contribution in [0.1, 0.15) is 10.6 Å². The first kappa shape index (κ1) is 19.4. The van der Waals surface area contributed by atoms with Crippen molar-refractivity contribution in [3.05, 3.63) is 74.9 Å². The smallest absolute Gasteiger partial charge is 0.345 e. The van der Waals surface area contributed by atoms with Gasteiger partial charge in [-0.3, -0.25) is 0 Å². The molecule has 0 atom stereocenters. The summed E-state index contributed by atoms with van der Waals surface area (Å²) in [5, 5.41) is 12.7. The van der Waals surface area contributed by atoms with E-state index in [-0.39, 0.29) is 0 Å². The van der Waals surface area contributed by atoms with Crippen LogP contribution in [0.2, 0.25) is 0 Å². The van der Waals surface area contributed by atoms with Crippen LogP contribution < -0.4 is 15.1 Å². The van der Waals surface area contributed by atoms with Crippen molar-refractivity contribution >= 4 is 34.0 Å². The minimum Gasteiger partial charge on any atom is -0.497 e. The molecule has 2 aromatic carbocycles. The van der Waals surface area contributed by atoms with Crippen LogP contribution in [0.3, 0.4) is 0 Å². The van der Waals surface area contributed by atoms with Gasteiger partial charge < -0.3 is 13.9 Å². The first-order valence-corrected chi connectivity index (χ1v) is 9.84. The van der Waals surface area contributed by atoms with Crippen molar-refractivity contribution in [2.45, 2.75) is 0 Å². The van der Waals surface area contributed by atoms with Crippen LogP contribution in [0.25, 0.3) is 33.9 Å². The third-order valence-electron chi connectivity index (χ3n) is 4.51. The number of allylic oxidation sites excluding steroid dienone is 1. The molecule has 0 amide bonds. The molecule has 0 spiro atoms. The number of ether oxygens (including phenoxy) is 2. The normalized spacial score (nSPS) is 11.3. The fourth-order valence-electron chi connectivity index (χ4n) is 3.01. The summed E-state index contributed by atoms with van der Waals surface area (Å²) < 4.78 is 16.0. The van der Waals surface area contributed by atoms with Crippen molar-refractivity contribution in [1.82, 2.24) is 4.98 Å². The average Bonchev–Trinajstić information content (AvgIpc) is 3.26. The second kappa shape index (κ2) is 8.23. The Bertz CT molecular complexity index is 1360. The van der Waals surface area contributed by atoms with Gasteiger partial charge in [-0.05, 0) is 36.4 Å². The number of nitriles is 1. The highest BCUT2D eigenvalue weighted by molar-refractivity contribution is 7.11. The summed E-state index contributed by atoms with van der Waals surface area (Å²) in [5.41, 5.74) is 1.91. The summed E-state index contributed by atoms with van der Waals surface area (Å²) in [6.07, 6.45) is 1.69. The molecular weight excluding hydrogens is 400 g/mol. The lowest BCUT2D eigenvalue weighted by molar-refractivity contribution is 0.402. The van der Waals surface area contributed by atoms with Gasteiger partial charge in [0.2, 0.25) is 0 Å². The standard InChI is InChI=1S/C23H16N2O4S/c1-27-17-7-8-20(28-2)15(10-17)9-16(12-24)22-25-19(13-30-22)18-11-14-5-3-4-6-21(14)29-23(18)26/h3-11,13H,1-2H3/b16-9+. The van der Waals surface area contributed by atoms with E-state index in [1.54, 1.807) is 56.0 Å². The maximum absolute atomic E-state index is 12.4. The van der Waals surface area contributed by atoms with Crippen LogP contribution in [0.5, 0.6) is 11.5 Å². The predicted octanol–water partition coefficient (Wildman–Crippen LogP) is 5.00. The van der Waals surface area contributed by atoms with Gasteiger partial charge in [0.1, 0.15) is 28.2 Å². The largest absolute Gasteiger partial charge is 0.497 e. The number of aromatic nitrogens is 1. The molecule has 148 valence electrons.